The molecule has 6 heteroatoms. The minimum atomic E-state index is 0.181. The molecule has 0 aliphatic carbocycles. The number of fused-ring (bicyclic) bond motifs is 1. The van der Waals surface area contributed by atoms with Gasteiger partial charge >= 0.3 is 0 Å². The van der Waals surface area contributed by atoms with E-state index in [0.29, 0.717) is 6.42 Å². The fourth-order valence-corrected chi connectivity index (χ4v) is 3.40. The van der Waals surface area contributed by atoms with Crippen molar-refractivity contribution in [2.75, 3.05) is 31.1 Å². The maximum atomic E-state index is 12.7. The Hall–Kier alpha value is -2.89. The van der Waals surface area contributed by atoms with Crippen LogP contribution < -0.4 is 4.90 Å². The van der Waals surface area contributed by atoms with Crippen LogP contribution in [0, 0.1) is 0 Å². The Balaban J connectivity index is 1.38. The fourth-order valence-electron chi connectivity index (χ4n) is 3.40. The Bertz CT molecular complexity index is 897. The highest BCUT2D eigenvalue weighted by Gasteiger charge is 2.22. The zero-order valence-electron chi connectivity index (χ0n) is 15.0. The first-order valence-corrected chi connectivity index (χ1v) is 9.14. The highest BCUT2D eigenvalue weighted by Crippen LogP contribution is 2.17. The number of aromatic nitrogens is 3. The quantitative estimate of drug-likeness (QED) is 0.786. The monoisotopic (exact) mass is 349 g/mol. The standard InChI is InChI=1S/C20H23N5O/c1-2-18-22-16-7-6-15(13-17(16)23-18)14-20(26)25-11-9-24(10-12-25)19-5-3-4-8-21-19/h3-8,13H,2,9-12,14H2,1H3,(H,22,23). The Kier molecular flexibility index (Phi) is 4.56. The van der Waals surface area contributed by atoms with Gasteiger partial charge in [-0.05, 0) is 29.8 Å². The van der Waals surface area contributed by atoms with Gasteiger partial charge in [0.1, 0.15) is 11.6 Å². The van der Waals surface area contributed by atoms with Crippen LogP contribution in [0.1, 0.15) is 18.3 Å². The zero-order valence-corrected chi connectivity index (χ0v) is 15.0. The van der Waals surface area contributed by atoms with E-state index >= 15 is 0 Å². The lowest BCUT2D eigenvalue weighted by Gasteiger charge is -2.35. The first-order chi connectivity index (χ1) is 12.7. The number of hydrogen-bond donors (Lipinski definition) is 1. The molecule has 134 valence electrons. The van der Waals surface area contributed by atoms with Crippen molar-refractivity contribution in [1.29, 1.82) is 0 Å². The van der Waals surface area contributed by atoms with Gasteiger partial charge in [0.15, 0.2) is 0 Å². The van der Waals surface area contributed by atoms with E-state index in [2.05, 4.69) is 26.8 Å². The van der Waals surface area contributed by atoms with E-state index in [1.54, 1.807) is 0 Å². The molecule has 3 aromatic rings. The molecule has 2 aromatic heterocycles. The van der Waals surface area contributed by atoms with Crippen LogP contribution in [0.2, 0.25) is 0 Å². The van der Waals surface area contributed by atoms with Gasteiger partial charge in [-0.25, -0.2) is 9.97 Å². The molecule has 26 heavy (non-hydrogen) atoms. The summed E-state index contributed by atoms with van der Waals surface area (Å²) in [6.45, 7) is 5.19. The summed E-state index contributed by atoms with van der Waals surface area (Å²) < 4.78 is 0. The number of carbonyl (C=O) groups excluding carboxylic acids is 1. The van der Waals surface area contributed by atoms with Crippen LogP contribution in [-0.4, -0.2) is 51.9 Å². The molecule has 1 saturated heterocycles. The molecule has 1 aliphatic rings. The summed E-state index contributed by atoms with van der Waals surface area (Å²) in [5, 5.41) is 0. The summed E-state index contributed by atoms with van der Waals surface area (Å²) in [5.74, 6) is 2.14. The summed E-state index contributed by atoms with van der Waals surface area (Å²) >= 11 is 0. The number of aromatic amines is 1. The van der Waals surface area contributed by atoms with Crippen LogP contribution in [0.25, 0.3) is 11.0 Å². The van der Waals surface area contributed by atoms with Gasteiger partial charge in [-0.1, -0.05) is 19.1 Å². The number of imidazole rings is 1. The van der Waals surface area contributed by atoms with Gasteiger partial charge in [0.2, 0.25) is 5.91 Å². The Morgan fingerprint density at radius 3 is 2.73 bits per heavy atom. The number of pyridine rings is 1. The second kappa shape index (κ2) is 7.15. The smallest absolute Gasteiger partial charge is 0.227 e. The molecule has 0 spiro atoms. The number of nitrogens with one attached hydrogen (secondary N) is 1. The predicted molar refractivity (Wildman–Crippen MR) is 102 cm³/mol. The minimum Gasteiger partial charge on any atom is -0.353 e. The molecule has 1 aromatic carbocycles. The number of piperazine rings is 1. The number of aryl methyl sites for hydroxylation is 1. The molecule has 0 unspecified atom stereocenters. The van der Waals surface area contributed by atoms with Crippen molar-refractivity contribution in [3.63, 3.8) is 0 Å². The maximum absolute atomic E-state index is 12.7. The lowest BCUT2D eigenvalue weighted by Crippen LogP contribution is -2.49. The lowest BCUT2D eigenvalue weighted by molar-refractivity contribution is -0.130. The molecule has 1 fully saturated rings. The van der Waals surface area contributed by atoms with Gasteiger partial charge in [-0.2, -0.15) is 0 Å². The topological polar surface area (TPSA) is 65.1 Å². The van der Waals surface area contributed by atoms with Crippen LogP contribution in [0.4, 0.5) is 5.82 Å². The Morgan fingerprint density at radius 1 is 1.15 bits per heavy atom. The number of H-pyrrole nitrogens is 1. The third-order valence-corrected chi connectivity index (χ3v) is 4.89. The summed E-state index contributed by atoms with van der Waals surface area (Å²) in [5.41, 5.74) is 3.00. The first-order valence-electron chi connectivity index (χ1n) is 9.14. The van der Waals surface area contributed by atoms with Crippen molar-refractivity contribution < 1.29 is 4.79 Å². The molecular weight excluding hydrogens is 326 g/mol. The van der Waals surface area contributed by atoms with Crippen LogP contribution in [0.3, 0.4) is 0 Å². The van der Waals surface area contributed by atoms with Gasteiger partial charge in [0.25, 0.3) is 0 Å². The second-order valence-corrected chi connectivity index (χ2v) is 6.62. The molecule has 0 saturated carbocycles. The van der Waals surface area contributed by atoms with Crippen molar-refractivity contribution in [2.45, 2.75) is 19.8 Å². The fraction of sp³-hybridized carbons (Fsp3) is 0.350. The number of benzene rings is 1. The average molecular weight is 349 g/mol. The summed E-state index contributed by atoms with van der Waals surface area (Å²) in [4.78, 5) is 29.1. The summed E-state index contributed by atoms with van der Waals surface area (Å²) in [6, 6.07) is 12.0. The van der Waals surface area contributed by atoms with Gasteiger partial charge in [0.05, 0.1) is 17.5 Å². The third-order valence-electron chi connectivity index (χ3n) is 4.89. The minimum absolute atomic E-state index is 0.181. The van der Waals surface area contributed by atoms with Gasteiger partial charge in [-0.15, -0.1) is 0 Å². The molecule has 0 radical (unpaired) electrons. The van der Waals surface area contributed by atoms with Gasteiger partial charge < -0.3 is 14.8 Å². The zero-order chi connectivity index (χ0) is 17.9. The molecule has 0 bridgehead atoms. The van der Waals surface area contributed by atoms with Crippen molar-refractivity contribution in [2.24, 2.45) is 0 Å². The van der Waals surface area contributed by atoms with Crippen LogP contribution in [0.15, 0.2) is 42.6 Å². The van der Waals surface area contributed by atoms with Crippen molar-refractivity contribution >= 4 is 22.8 Å². The first kappa shape index (κ1) is 16.6. The number of amides is 1. The molecule has 1 aliphatic heterocycles. The number of nitrogens with zero attached hydrogens (tertiary/aromatic N) is 4. The van der Waals surface area contributed by atoms with E-state index in [4.69, 9.17) is 0 Å². The van der Waals surface area contributed by atoms with E-state index in [9.17, 15) is 4.79 Å². The molecule has 0 atom stereocenters. The molecule has 4 rings (SSSR count). The maximum Gasteiger partial charge on any atom is 0.227 e. The van der Waals surface area contributed by atoms with Crippen LogP contribution in [-0.2, 0) is 17.6 Å². The van der Waals surface area contributed by atoms with Crippen LogP contribution in [0.5, 0.6) is 0 Å². The predicted octanol–water partition coefficient (Wildman–Crippen LogP) is 2.41. The van der Waals surface area contributed by atoms with E-state index in [-0.39, 0.29) is 5.91 Å². The number of hydrogen-bond acceptors (Lipinski definition) is 4. The molecule has 6 nitrogen and oxygen atoms in total. The van der Waals surface area contributed by atoms with E-state index in [1.807, 2.05) is 47.5 Å². The Morgan fingerprint density at radius 2 is 2.00 bits per heavy atom. The van der Waals surface area contributed by atoms with E-state index in [1.165, 1.54) is 0 Å². The Labute approximate surface area is 152 Å². The number of anilines is 1. The van der Waals surface area contributed by atoms with Crippen molar-refractivity contribution in [1.82, 2.24) is 19.9 Å². The second-order valence-electron chi connectivity index (χ2n) is 6.62. The molecular formula is C20H23N5O. The molecule has 1 N–H and O–H groups in total. The molecule has 1 amide bonds. The highest BCUT2D eigenvalue weighted by atomic mass is 16.2. The largest absolute Gasteiger partial charge is 0.353 e. The normalized spacial score (nSPS) is 14.8. The lowest BCUT2D eigenvalue weighted by atomic mass is 10.1. The number of rotatable bonds is 4. The van der Waals surface area contributed by atoms with Crippen molar-refractivity contribution in [3.8, 4) is 0 Å². The third kappa shape index (κ3) is 3.40. The van der Waals surface area contributed by atoms with Gasteiger partial charge in [0, 0.05) is 38.8 Å². The summed E-state index contributed by atoms with van der Waals surface area (Å²) in [6.07, 6.45) is 3.12. The number of carbonyl (C=O) groups is 1. The summed E-state index contributed by atoms with van der Waals surface area (Å²) in [7, 11) is 0. The van der Waals surface area contributed by atoms with Gasteiger partial charge in [-0.3, -0.25) is 4.79 Å². The highest BCUT2D eigenvalue weighted by molar-refractivity contribution is 5.82. The SMILES string of the molecule is CCc1nc2ccc(CC(=O)N3CCN(c4ccccn4)CC3)cc2[nH]1. The van der Waals surface area contributed by atoms with Crippen molar-refractivity contribution in [3.05, 3.63) is 54.0 Å². The average Bonchev–Trinajstić information content (AvgIpc) is 3.11. The van der Waals surface area contributed by atoms with Crippen LogP contribution >= 0.6 is 0 Å². The van der Waals surface area contributed by atoms with E-state index in [0.717, 1.165) is 60.8 Å². The molecule has 3 heterocycles. The van der Waals surface area contributed by atoms with E-state index < -0.39 is 0 Å².